The Labute approximate surface area is 107 Å². The van der Waals surface area contributed by atoms with Crippen molar-refractivity contribution in [2.24, 2.45) is 0 Å². The lowest BCUT2D eigenvalue weighted by Crippen LogP contribution is -2.24. The molecule has 1 atom stereocenters. The van der Waals surface area contributed by atoms with Gasteiger partial charge in [0.05, 0.1) is 11.6 Å². The summed E-state index contributed by atoms with van der Waals surface area (Å²) in [6.45, 7) is 1.82. The monoisotopic (exact) mass is 256 g/mol. The molecule has 17 heavy (non-hydrogen) atoms. The number of halogens is 1. The first-order chi connectivity index (χ1) is 8.36. The van der Waals surface area contributed by atoms with Crippen molar-refractivity contribution in [2.45, 2.75) is 25.6 Å². The van der Waals surface area contributed by atoms with Crippen LogP contribution < -0.4 is 4.74 Å². The van der Waals surface area contributed by atoms with Crippen LogP contribution in [0.1, 0.15) is 19.3 Å². The molecule has 1 aliphatic rings. The Morgan fingerprint density at radius 3 is 2.88 bits per heavy atom. The van der Waals surface area contributed by atoms with E-state index in [9.17, 15) is 0 Å². The summed E-state index contributed by atoms with van der Waals surface area (Å²) < 4.78 is 16.5. The molecule has 1 saturated heterocycles. The molecule has 1 heterocycles. The van der Waals surface area contributed by atoms with Crippen LogP contribution in [0.2, 0.25) is 5.02 Å². The highest BCUT2D eigenvalue weighted by Gasteiger charge is 2.13. The summed E-state index contributed by atoms with van der Waals surface area (Å²) in [7, 11) is 0. The van der Waals surface area contributed by atoms with E-state index in [1.165, 1.54) is 6.42 Å². The van der Waals surface area contributed by atoms with Crippen LogP contribution in [-0.2, 0) is 9.47 Å². The van der Waals surface area contributed by atoms with Gasteiger partial charge in [0.25, 0.3) is 0 Å². The van der Waals surface area contributed by atoms with Gasteiger partial charge in [0, 0.05) is 6.61 Å². The molecule has 1 aliphatic heterocycles. The van der Waals surface area contributed by atoms with Crippen LogP contribution in [0, 0.1) is 0 Å². The van der Waals surface area contributed by atoms with Crippen LogP contribution in [0.3, 0.4) is 0 Å². The number of benzene rings is 1. The molecule has 0 N–H and O–H groups in total. The second kappa shape index (κ2) is 6.84. The lowest BCUT2D eigenvalue weighted by molar-refractivity contribution is -0.165. The predicted molar refractivity (Wildman–Crippen MR) is 66.5 cm³/mol. The van der Waals surface area contributed by atoms with Crippen molar-refractivity contribution in [1.82, 2.24) is 0 Å². The molecule has 0 saturated carbocycles. The Hall–Kier alpha value is -0.770. The molecule has 3 nitrogen and oxygen atoms in total. The van der Waals surface area contributed by atoms with Crippen molar-refractivity contribution < 1.29 is 14.2 Å². The maximum absolute atomic E-state index is 5.96. The van der Waals surface area contributed by atoms with Gasteiger partial charge in [-0.2, -0.15) is 0 Å². The van der Waals surface area contributed by atoms with E-state index in [4.69, 9.17) is 25.8 Å². The van der Waals surface area contributed by atoms with E-state index in [1.807, 2.05) is 24.3 Å². The molecule has 0 aliphatic carbocycles. The fourth-order valence-corrected chi connectivity index (χ4v) is 1.93. The average molecular weight is 257 g/mol. The molecule has 1 aromatic carbocycles. The van der Waals surface area contributed by atoms with Gasteiger partial charge in [0.2, 0.25) is 0 Å². The van der Waals surface area contributed by atoms with Crippen molar-refractivity contribution in [3.05, 3.63) is 29.3 Å². The van der Waals surface area contributed by atoms with Crippen molar-refractivity contribution in [2.75, 3.05) is 19.8 Å². The van der Waals surface area contributed by atoms with Crippen LogP contribution in [0.15, 0.2) is 24.3 Å². The van der Waals surface area contributed by atoms with Crippen molar-refractivity contribution in [1.29, 1.82) is 0 Å². The average Bonchev–Trinajstić information content (AvgIpc) is 2.38. The third kappa shape index (κ3) is 4.19. The quantitative estimate of drug-likeness (QED) is 0.757. The van der Waals surface area contributed by atoms with Crippen molar-refractivity contribution in [3.8, 4) is 5.75 Å². The predicted octanol–water partition coefficient (Wildman–Crippen LogP) is 3.26. The maximum Gasteiger partial charge on any atom is 0.157 e. The second-order valence-electron chi connectivity index (χ2n) is 3.95. The maximum atomic E-state index is 5.96. The van der Waals surface area contributed by atoms with Crippen LogP contribution in [0.5, 0.6) is 5.75 Å². The van der Waals surface area contributed by atoms with Gasteiger partial charge in [-0.25, -0.2) is 0 Å². The van der Waals surface area contributed by atoms with Crippen LogP contribution in [0.25, 0.3) is 0 Å². The normalized spacial score (nSPS) is 20.2. The van der Waals surface area contributed by atoms with Crippen molar-refractivity contribution >= 4 is 11.6 Å². The molecule has 94 valence electrons. The van der Waals surface area contributed by atoms with Crippen molar-refractivity contribution in [3.63, 3.8) is 0 Å². The Kier molecular flexibility index (Phi) is 5.10. The summed E-state index contributed by atoms with van der Waals surface area (Å²) in [4.78, 5) is 0. The van der Waals surface area contributed by atoms with Crippen LogP contribution >= 0.6 is 11.6 Å². The first kappa shape index (κ1) is 12.7. The van der Waals surface area contributed by atoms with E-state index in [-0.39, 0.29) is 6.29 Å². The summed E-state index contributed by atoms with van der Waals surface area (Å²) in [5, 5.41) is 0.626. The first-order valence-electron chi connectivity index (χ1n) is 5.97. The molecule has 1 aromatic rings. The Bertz CT molecular complexity index is 337. The fourth-order valence-electron chi connectivity index (χ4n) is 1.74. The smallest absolute Gasteiger partial charge is 0.157 e. The lowest BCUT2D eigenvalue weighted by atomic mass is 10.2. The highest BCUT2D eigenvalue weighted by molar-refractivity contribution is 6.32. The van der Waals surface area contributed by atoms with E-state index in [2.05, 4.69) is 0 Å². The summed E-state index contributed by atoms with van der Waals surface area (Å²) >= 11 is 5.96. The molecule has 0 aromatic heterocycles. The molecule has 0 bridgehead atoms. The Morgan fingerprint density at radius 2 is 2.12 bits per heavy atom. The first-order valence-corrected chi connectivity index (χ1v) is 6.34. The third-order valence-electron chi connectivity index (χ3n) is 2.62. The van der Waals surface area contributed by atoms with Crippen LogP contribution in [0.4, 0.5) is 0 Å². The molecule has 0 amide bonds. The van der Waals surface area contributed by atoms with E-state index in [1.54, 1.807) is 0 Å². The van der Waals surface area contributed by atoms with Gasteiger partial charge in [0.15, 0.2) is 6.29 Å². The molecular weight excluding hydrogens is 240 g/mol. The Balaban J connectivity index is 1.64. The largest absolute Gasteiger partial charge is 0.490 e. The number of rotatable bonds is 5. The van der Waals surface area contributed by atoms with E-state index in [0.717, 1.165) is 19.4 Å². The SMILES string of the molecule is Clc1ccccc1OCCO[C@@H]1CCCCO1. The zero-order valence-corrected chi connectivity index (χ0v) is 10.5. The third-order valence-corrected chi connectivity index (χ3v) is 2.93. The molecule has 4 heteroatoms. The standard InChI is InChI=1S/C13H17ClO3/c14-11-5-1-2-6-12(11)15-9-10-17-13-7-3-4-8-16-13/h1-2,5-6,13H,3-4,7-10H2/t13-/m1/s1. The van der Waals surface area contributed by atoms with Gasteiger partial charge in [-0.15, -0.1) is 0 Å². The lowest BCUT2D eigenvalue weighted by Gasteiger charge is -2.22. The zero-order chi connectivity index (χ0) is 11.9. The minimum Gasteiger partial charge on any atom is -0.490 e. The zero-order valence-electron chi connectivity index (χ0n) is 9.73. The van der Waals surface area contributed by atoms with Gasteiger partial charge in [-0.3, -0.25) is 0 Å². The topological polar surface area (TPSA) is 27.7 Å². The fraction of sp³-hybridized carbons (Fsp3) is 0.538. The van der Waals surface area contributed by atoms with Crippen LogP contribution in [-0.4, -0.2) is 26.1 Å². The summed E-state index contributed by atoms with van der Waals surface area (Å²) in [6, 6.07) is 7.43. The molecule has 0 radical (unpaired) electrons. The van der Waals surface area contributed by atoms with Gasteiger partial charge < -0.3 is 14.2 Å². The molecule has 2 rings (SSSR count). The van der Waals surface area contributed by atoms with Gasteiger partial charge in [-0.1, -0.05) is 23.7 Å². The summed E-state index contributed by atoms with van der Waals surface area (Å²) in [5.41, 5.74) is 0. The Morgan fingerprint density at radius 1 is 1.24 bits per heavy atom. The number of ether oxygens (including phenoxy) is 3. The number of hydrogen-bond donors (Lipinski definition) is 0. The molecule has 0 unspecified atom stereocenters. The molecule has 1 fully saturated rings. The number of para-hydroxylation sites is 1. The van der Waals surface area contributed by atoms with Gasteiger partial charge in [-0.05, 0) is 31.4 Å². The number of hydrogen-bond acceptors (Lipinski definition) is 3. The highest BCUT2D eigenvalue weighted by Crippen LogP contribution is 2.23. The minimum atomic E-state index is -0.0569. The van der Waals surface area contributed by atoms with E-state index < -0.39 is 0 Å². The van der Waals surface area contributed by atoms with E-state index >= 15 is 0 Å². The van der Waals surface area contributed by atoms with Gasteiger partial charge >= 0.3 is 0 Å². The van der Waals surface area contributed by atoms with Gasteiger partial charge in [0.1, 0.15) is 12.4 Å². The highest BCUT2D eigenvalue weighted by atomic mass is 35.5. The molecule has 0 spiro atoms. The summed E-state index contributed by atoms with van der Waals surface area (Å²) in [5.74, 6) is 0.697. The molecular formula is C13H17ClO3. The minimum absolute atomic E-state index is 0.0569. The second-order valence-corrected chi connectivity index (χ2v) is 4.35. The summed E-state index contributed by atoms with van der Waals surface area (Å²) in [6.07, 6.45) is 3.23. The van der Waals surface area contributed by atoms with E-state index in [0.29, 0.717) is 24.0 Å².